The molecule has 2 heterocycles. The van der Waals surface area contributed by atoms with Gasteiger partial charge in [0.1, 0.15) is 11.3 Å². The number of amides is 2. The summed E-state index contributed by atoms with van der Waals surface area (Å²) in [4.78, 5) is 25.7. The molecule has 0 radical (unpaired) electrons. The number of rotatable bonds is 4. The number of aryl methyl sites for hydroxylation is 2. The van der Waals surface area contributed by atoms with Crippen molar-refractivity contribution < 1.29 is 14.1 Å². The van der Waals surface area contributed by atoms with Gasteiger partial charge in [0.2, 0.25) is 5.91 Å². The van der Waals surface area contributed by atoms with E-state index in [0.717, 1.165) is 38.8 Å². The van der Waals surface area contributed by atoms with Crippen LogP contribution in [0.1, 0.15) is 54.4 Å². The standard InChI is InChI=1S/C17H26N4O3/c1-10-16(11(2)24-20-10)17(23)19-15-5-4-14(15)18-13-6-8-21(9-7-13)12(3)22/h13-15,18H,4-9H2,1-3H3,(H,19,23)/t14-,15+/m1/s1. The first-order valence-corrected chi connectivity index (χ1v) is 8.71. The lowest BCUT2D eigenvalue weighted by Gasteiger charge is -2.42. The summed E-state index contributed by atoms with van der Waals surface area (Å²) in [7, 11) is 0. The molecule has 0 aromatic carbocycles. The van der Waals surface area contributed by atoms with Crippen molar-refractivity contribution in [1.29, 1.82) is 0 Å². The van der Waals surface area contributed by atoms with Crippen molar-refractivity contribution >= 4 is 11.8 Å². The van der Waals surface area contributed by atoms with Crippen LogP contribution in [-0.2, 0) is 4.79 Å². The Kier molecular flexibility index (Phi) is 4.89. The predicted octanol–water partition coefficient (Wildman–Crippen LogP) is 1.15. The molecule has 7 heteroatoms. The molecule has 0 unspecified atom stereocenters. The molecule has 0 spiro atoms. The second-order valence-electron chi connectivity index (χ2n) is 6.91. The zero-order valence-corrected chi connectivity index (χ0v) is 14.6. The maximum Gasteiger partial charge on any atom is 0.257 e. The summed E-state index contributed by atoms with van der Waals surface area (Å²) in [6, 6.07) is 0.879. The van der Waals surface area contributed by atoms with E-state index in [4.69, 9.17) is 4.52 Å². The highest BCUT2D eigenvalue weighted by molar-refractivity contribution is 5.96. The zero-order chi connectivity index (χ0) is 17.3. The van der Waals surface area contributed by atoms with Crippen LogP contribution in [0.25, 0.3) is 0 Å². The molecule has 1 aliphatic heterocycles. The fourth-order valence-corrected chi connectivity index (χ4v) is 3.58. The summed E-state index contributed by atoms with van der Waals surface area (Å²) in [6.07, 6.45) is 4.00. The van der Waals surface area contributed by atoms with Crippen LogP contribution in [0.5, 0.6) is 0 Å². The second-order valence-corrected chi connectivity index (χ2v) is 6.91. The Labute approximate surface area is 142 Å². The number of carbonyl (C=O) groups is 2. The predicted molar refractivity (Wildman–Crippen MR) is 88.7 cm³/mol. The quantitative estimate of drug-likeness (QED) is 0.862. The van der Waals surface area contributed by atoms with Gasteiger partial charge in [-0.25, -0.2) is 0 Å². The summed E-state index contributed by atoms with van der Waals surface area (Å²) in [6.45, 7) is 6.80. The Hall–Kier alpha value is -1.89. The van der Waals surface area contributed by atoms with Crippen molar-refractivity contribution in [2.24, 2.45) is 0 Å². The maximum absolute atomic E-state index is 12.4. The molecule has 1 aromatic rings. The molecule has 24 heavy (non-hydrogen) atoms. The second kappa shape index (κ2) is 6.93. The number of nitrogens with one attached hydrogen (secondary N) is 2. The summed E-state index contributed by atoms with van der Waals surface area (Å²) in [5.41, 5.74) is 1.18. The average molecular weight is 334 g/mol. The Morgan fingerprint density at radius 3 is 2.29 bits per heavy atom. The van der Waals surface area contributed by atoms with E-state index in [1.54, 1.807) is 20.8 Å². The van der Waals surface area contributed by atoms with Gasteiger partial charge in [0.05, 0.1) is 5.69 Å². The number of likely N-dealkylation sites (tertiary alicyclic amines) is 1. The first-order chi connectivity index (χ1) is 11.5. The van der Waals surface area contributed by atoms with Crippen molar-refractivity contribution in [3.8, 4) is 0 Å². The topological polar surface area (TPSA) is 87.5 Å². The van der Waals surface area contributed by atoms with E-state index in [2.05, 4.69) is 15.8 Å². The molecular formula is C17H26N4O3. The van der Waals surface area contributed by atoms with Gasteiger partial charge in [-0.05, 0) is 39.5 Å². The van der Waals surface area contributed by atoms with Gasteiger partial charge in [-0.1, -0.05) is 5.16 Å². The van der Waals surface area contributed by atoms with Crippen LogP contribution in [0.3, 0.4) is 0 Å². The molecule has 2 fully saturated rings. The number of nitrogens with zero attached hydrogens (tertiary/aromatic N) is 2. The van der Waals surface area contributed by atoms with E-state index < -0.39 is 0 Å². The lowest BCUT2D eigenvalue weighted by Crippen LogP contribution is -2.60. The Morgan fingerprint density at radius 1 is 1.12 bits per heavy atom. The van der Waals surface area contributed by atoms with Crippen LogP contribution in [0.4, 0.5) is 0 Å². The largest absolute Gasteiger partial charge is 0.361 e. The van der Waals surface area contributed by atoms with E-state index in [1.807, 2.05) is 4.90 Å². The van der Waals surface area contributed by atoms with Gasteiger partial charge in [-0.15, -0.1) is 0 Å². The van der Waals surface area contributed by atoms with Crippen molar-refractivity contribution in [2.45, 2.75) is 64.6 Å². The van der Waals surface area contributed by atoms with Crippen LogP contribution in [0.2, 0.25) is 0 Å². The Balaban J connectivity index is 1.49. The molecule has 3 rings (SSSR count). The Bertz CT molecular complexity index is 600. The van der Waals surface area contributed by atoms with Crippen LogP contribution in [0.15, 0.2) is 4.52 Å². The van der Waals surface area contributed by atoms with E-state index in [9.17, 15) is 9.59 Å². The van der Waals surface area contributed by atoms with Crippen molar-refractivity contribution in [3.05, 3.63) is 17.0 Å². The molecule has 1 saturated carbocycles. The highest BCUT2D eigenvalue weighted by Crippen LogP contribution is 2.24. The Morgan fingerprint density at radius 2 is 1.79 bits per heavy atom. The van der Waals surface area contributed by atoms with Gasteiger partial charge in [0, 0.05) is 38.1 Å². The fraction of sp³-hybridized carbons (Fsp3) is 0.706. The number of aromatic nitrogens is 1. The normalized spacial score (nSPS) is 24.5. The fourth-order valence-electron chi connectivity index (χ4n) is 3.58. The smallest absolute Gasteiger partial charge is 0.257 e. The van der Waals surface area contributed by atoms with Crippen LogP contribution in [0, 0.1) is 13.8 Å². The molecule has 1 aliphatic carbocycles. The summed E-state index contributed by atoms with van der Waals surface area (Å²) in [5.74, 6) is 0.612. The number of carbonyl (C=O) groups excluding carboxylic acids is 2. The minimum Gasteiger partial charge on any atom is -0.361 e. The molecule has 132 valence electrons. The third kappa shape index (κ3) is 3.45. The molecule has 1 saturated heterocycles. The summed E-state index contributed by atoms with van der Waals surface area (Å²) >= 11 is 0. The van der Waals surface area contributed by atoms with E-state index in [0.29, 0.717) is 29.1 Å². The van der Waals surface area contributed by atoms with Crippen LogP contribution in [-0.4, -0.2) is 53.1 Å². The first kappa shape index (κ1) is 17.0. The SMILES string of the molecule is CC(=O)N1CCC(N[C@@H]2CC[C@@H]2NC(=O)c2c(C)noc2C)CC1. The van der Waals surface area contributed by atoms with Crippen LogP contribution < -0.4 is 10.6 Å². The van der Waals surface area contributed by atoms with Gasteiger partial charge in [-0.2, -0.15) is 0 Å². The van der Waals surface area contributed by atoms with Gasteiger partial charge in [0.25, 0.3) is 5.91 Å². The summed E-state index contributed by atoms with van der Waals surface area (Å²) in [5, 5.41) is 10.6. The molecular weight excluding hydrogens is 308 g/mol. The zero-order valence-electron chi connectivity index (χ0n) is 14.6. The van der Waals surface area contributed by atoms with E-state index in [-0.39, 0.29) is 17.9 Å². The lowest BCUT2D eigenvalue weighted by atomic mass is 9.84. The van der Waals surface area contributed by atoms with Crippen LogP contribution >= 0.6 is 0 Å². The third-order valence-corrected chi connectivity index (χ3v) is 5.24. The van der Waals surface area contributed by atoms with E-state index >= 15 is 0 Å². The van der Waals surface area contributed by atoms with Gasteiger partial charge < -0.3 is 20.1 Å². The lowest BCUT2D eigenvalue weighted by molar-refractivity contribution is -0.129. The molecule has 2 aliphatic rings. The number of hydrogen-bond donors (Lipinski definition) is 2. The molecule has 0 bridgehead atoms. The van der Waals surface area contributed by atoms with Crippen molar-refractivity contribution in [2.75, 3.05) is 13.1 Å². The molecule has 1 aromatic heterocycles. The molecule has 2 amide bonds. The molecule has 2 N–H and O–H groups in total. The highest BCUT2D eigenvalue weighted by atomic mass is 16.5. The molecule has 7 nitrogen and oxygen atoms in total. The third-order valence-electron chi connectivity index (χ3n) is 5.24. The van der Waals surface area contributed by atoms with Gasteiger partial charge >= 0.3 is 0 Å². The van der Waals surface area contributed by atoms with Gasteiger partial charge in [0.15, 0.2) is 0 Å². The van der Waals surface area contributed by atoms with Crippen molar-refractivity contribution in [1.82, 2.24) is 20.7 Å². The minimum absolute atomic E-state index is 0.103. The van der Waals surface area contributed by atoms with E-state index in [1.165, 1.54) is 0 Å². The average Bonchev–Trinajstić information content (AvgIpc) is 2.88. The highest BCUT2D eigenvalue weighted by Gasteiger charge is 2.35. The maximum atomic E-state index is 12.4. The van der Waals surface area contributed by atoms with Gasteiger partial charge in [-0.3, -0.25) is 9.59 Å². The van der Waals surface area contributed by atoms with Crippen molar-refractivity contribution in [3.63, 3.8) is 0 Å². The minimum atomic E-state index is -0.103. The monoisotopic (exact) mass is 334 g/mol. The first-order valence-electron chi connectivity index (χ1n) is 8.71. The number of piperidine rings is 1. The number of hydrogen-bond acceptors (Lipinski definition) is 5. The molecule has 2 atom stereocenters. The summed E-state index contributed by atoms with van der Waals surface area (Å²) < 4.78 is 5.07.